The SMILES string of the molecule is CCc1nncn1CCNC(=NC)NCC(c1ccccc1OC)N(C)C. The zero-order valence-electron chi connectivity index (χ0n) is 16.9. The minimum atomic E-state index is 0.157. The zero-order chi connectivity index (χ0) is 19.6. The monoisotopic (exact) mass is 373 g/mol. The summed E-state index contributed by atoms with van der Waals surface area (Å²) >= 11 is 0. The van der Waals surface area contributed by atoms with Crippen molar-refractivity contribution in [2.24, 2.45) is 4.99 Å². The van der Waals surface area contributed by atoms with Gasteiger partial charge in [-0.1, -0.05) is 25.1 Å². The maximum atomic E-state index is 5.52. The molecule has 2 N–H and O–H groups in total. The van der Waals surface area contributed by atoms with E-state index in [2.05, 4.69) is 62.4 Å². The largest absolute Gasteiger partial charge is 0.496 e. The minimum Gasteiger partial charge on any atom is -0.496 e. The summed E-state index contributed by atoms with van der Waals surface area (Å²) in [5.41, 5.74) is 1.14. The van der Waals surface area contributed by atoms with Crippen LogP contribution in [0.3, 0.4) is 0 Å². The van der Waals surface area contributed by atoms with Crippen LogP contribution < -0.4 is 15.4 Å². The van der Waals surface area contributed by atoms with Gasteiger partial charge in [0.15, 0.2) is 5.96 Å². The van der Waals surface area contributed by atoms with Crippen LogP contribution in [0.25, 0.3) is 0 Å². The Morgan fingerprint density at radius 3 is 2.74 bits per heavy atom. The molecule has 0 aliphatic carbocycles. The van der Waals surface area contributed by atoms with Gasteiger partial charge in [0.2, 0.25) is 0 Å². The molecule has 2 rings (SSSR count). The molecule has 0 radical (unpaired) electrons. The van der Waals surface area contributed by atoms with Gasteiger partial charge in [-0.15, -0.1) is 10.2 Å². The summed E-state index contributed by atoms with van der Waals surface area (Å²) in [6, 6.07) is 8.26. The first-order chi connectivity index (χ1) is 13.1. The third kappa shape index (κ3) is 5.68. The quantitative estimate of drug-likeness (QED) is 0.510. The molecule has 148 valence electrons. The van der Waals surface area contributed by atoms with Crippen LogP contribution in [0.15, 0.2) is 35.6 Å². The number of aromatic nitrogens is 3. The smallest absolute Gasteiger partial charge is 0.191 e. The Balaban J connectivity index is 1.92. The minimum absolute atomic E-state index is 0.157. The molecule has 0 aliphatic rings. The summed E-state index contributed by atoms with van der Waals surface area (Å²) in [7, 11) is 7.61. The van der Waals surface area contributed by atoms with E-state index in [0.29, 0.717) is 6.54 Å². The molecule has 0 amide bonds. The summed E-state index contributed by atoms with van der Waals surface area (Å²) in [4.78, 5) is 6.49. The van der Waals surface area contributed by atoms with E-state index in [1.807, 2.05) is 18.2 Å². The van der Waals surface area contributed by atoms with Gasteiger partial charge in [-0.05, 0) is 20.2 Å². The first-order valence-electron chi connectivity index (χ1n) is 9.21. The van der Waals surface area contributed by atoms with Crippen LogP contribution in [-0.4, -0.2) is 67.0 Å². The number of nitrogens with zero attached hydrogens (tertiary/aromatic N) is 5. The van der Waals surface area contributed by atoms with Crippen molar-refractivity contribution in [3.8, 4) is 5.75 Å². The average Bonchev–Trinajstić information content (AvgIpc) is 3.14. The van der Waals surface area contributed by atoms with Crippen LogP contribution in [0.1, 0.15) is 24.4 Å². The molecule has 0 aliphatic heterocycles. The lowest BCUT2D eigenvalue weighted by Crippen LogP contribution is -2.42. The lowest BCUT2D eigenvalue weighted by molar-refractivity contribution is 0.287. The second-order valence-electron chi connectivity index (χ2n) is 6.40. The van der Waals surface area contributed by atoms with Crippen LogP contribution in [0.4, 0.5) is 0 Å². The van der Waals surface area contributed by atoms with Gasteiger partial charge in [-0.2, -0.15) is 0 Å². The maximum absolute atomic E-state index is 5.52. The van der Waals surface area contributed by atoms with E-state index in [9.17, 15) is 0 Å². The molecule has 8 nitrogen and oxygen atoms in total. The fourth-order valence-corrected chi connectivity index (χ4v) is 2.96. The van der Waals surface area contributed by atoms with Gasteiger partial charge in [0.1, 0.15) is 17.9 Å². The number of aryl methyl sites for hydroxylation is 1. The highest BCUT2D eigenvalue weighted by Crippen LogP contribution is 2.27. The number of guanidine groups is 1. The summed E-state index contributed by atoms with van der Waals surface area (Å²) in [5.74, 6) is 2.65. The van der Waals surface area contributed by atoms with Gasteiger partial charge in [-0.3, -0.25) is 4.99 Å². The van der Waals surface area contributed by atoms with Crippen molar-refractivity contribution in [1.29, 1.82) is 0 Å². The molecular formula is C19H31N7O. The first-order valence-corrected chi connectivity index (χ1v) is 9.21. The number of likely N-dealkylation sites (N-methyl/N-ethyl adjacent to an activating group) is 1. The fraction of sp³-hybridized carbons (Fsp3) is 0.526. The number of benzene rings is 1. The Morgan fingerprint density at radius 2 is 2.07 bits per heavy atom. The van der Waals surface area contributed by atoms with Crippen molar-refractivity contribution in [3.63, 3.8) is 0 Å². The molecule has 8 heteroatoms. The molecular weight excluding hydrogens is 342 g/mol. The average molecular weight is 374 g/mol. The van der Waals surface area contributed by atoms with E-state index in [1.54, 1.807) is 20.5 Å². The second-order valence-corrected chi connectivity index (χ2v) is 6.40. The van der Waals surface area contributed by atoms with Crippen molar-refractivity contribution >= 4 is 5.96 Å². The van der Waals surface area contributed by atoms with Crippen molar-refractivity contribution in [3.05, 3.63) is 42.0 Å². The molecule has 1 aromatic carbocycles. The number of para-hydroxylation sites is 1. The van der Waals surface area contributed by atoms with Crippen molar-refractivity contribution < 1.29 is 4.74 Å². The summed E-state index contributed by atoms with van der Waals surface area (Å²) in [6.07, 6.45) is 2.64. The third-order valence-electron chi connectivity index (χ3n) is 4.46. The van der Waals surface area contributed by atoms with Crippen molar-refractivity contribution in [2.75, 3.05) is 41.3 Å². The van der Waals surface area contributed by atoms with Gasteiger partial charge in [0.05, 0.1) is 13.2 Å². The molecule has 0 bridgehead atoms. The Kier molecular flexibility index (Phi) is 8.06. The predicted octanol–water partition coefficient (Wildman–Crippen LogP) is 1.32. The molecule has 1 atom stereocenters. The summed E-state index contributed by atoms with van der Waals surface area (Å²) in [5, 5.41) is 14.8. The Hall–Kier alpha value is -2.61. The Bertz CT molecular complexity index is 726. The zero-order valence-corrected chi connectivity index (χ0v) is 16.9. The first kappa shape index (κ1) is 20.7. The number of rotatable bonds is 9. The lowest BCUT2D eigenvalue weighted by atomic mass is 10.0. The van der Waals surface area contributed by atoms with Gasteiger partial charge in [0.25, 0.3) is 0 Å². The van der Waals surface area contributed by atoms with Crippen LogP contribution in [0.2, 0.25) is 0 Å². The van der Waals surface area contributed by atoms with Crippen LogP contribution in [0, 0.1) is 0 Å². The van der Waals surface area contributed by atoms with E-state index >= 15 is 0 Å². The Labute approximate surface area is 161 Å². The summed E-state index contributed by atoms with van der Waals surface area (Å²) < 4.78 is 7.58. The molecule has 0 saturated heterocycles. The van der Waals surface area contributed by atoms with E-state index in [-0.39, 0.29) is 6.04 Å². The highest BCUT2D eigenvalue weighted by Gasteiger charge is 2.18. The molecule has 1 unspecified atom stereocenters. The van der Waals surface area contributed by atoms with E-state index in [0.717, 1.165) is 42.6 Å². The molecule has 0 spiro atoms. The van der Waals surface area contributed by atoms with Gasteiger partial charge in [0, 0.05) is 38.7 Å². The van der Waals surface area contributed by atoms with E-state index in [4.69, 9.17) is 4.74 Å². The fourth-order valence-electron chi connectivity index (χ4n) is 2.96. The molecule has 0 fully saturated rings. The standard InChI is InChI=1S/C19H31N7O/c1-6-18-24-23-14-26(18)12-11-21-19(20-2)22-13-16(25(3)4)15-9-7-8-10-17(15)27-5/h7-10,14,16H,6,11-13H2,1-5H3,(H2,20,21,22). The molecule has 1 aromatic heterocycles. The van der Waals surface area contributed by atoms with Gasteiger partial charge in [-0.25, -0.2) is 0 Å². The maximum Gasteiger partial charge on any atom is 0.191 e. The normalized spacial score (nSPS) is 12.9. The van der Waals surface area contributed by atoms with Crippen molar-refractivity contribution in [2.45, 2.75) is 25.9 Å². The number of hydrogen-bond donors (Lipinski definition) is 2. The highest BCUT2D eigenvalue weighted by atomic mass is 16.5. The van der Waals surface area contributed by atoms with Gasteiger partial charge >= 0.3 is 0 Å². The third-order valence-corrected chi connectivity index (χ3v) is 4.46. The Morgan fingerprint density at radius 1 is 1.30 bits per heavy atom. The van der Waals surface area contributed by atoms with Crippen LogP contribution in [0.5, 0.6) is 5.75 Å². The summed E-state index contributed by atoms with van der Waals surface area (Å²) in [6.45, 7) is 4.32. The number of nitrogens with one attached hydrogen (secondary N) is 2. The van der Waals surface area contributed by atoms with E-state index in [1.165, 1.54) is 0 Å². The van der Waals surface area contributed by atoms with Gasteiger partial charge < -0.3 is 24.8 Å². The second kappa shape index (κ2) is 10.5. The predicted molar refractivity (Wildman–Crippen MR) is 108 cm³/mol. The number of aliphatic imine (C=N–C) groups is 1. The molecule has 27 heavy (non-hydrogen) atoms. The van der Waals surface area contributed by atoms with Crippen LogP contribution in [-0.2, 0) is 13.0 Å². The highest BCUT2D eigenvalue weighted by molar-refractivity contribution is 5.79. The van der Waals surface area contributed by atoms with E-state index < -0.39 is 0 Å². The number of ether oxygens (including phenoxy) is 1. The lowest BCUT2D eigenvalue weighted by Gasteiger charge is -2.27. The molecule has 0 saturated carbocycles. The topological polar surface area (TPSA) is 79.6 Å². The molecule has 2 aromatic rings. The number of methoxy groups -OCH3 is 1. The van der Waals surface area contributed by atoms with Crippen molar-refractivity contribution in [1.82, 2.24) is 30.3 Å². The molecule has 1 heterocycles. The number of hydrogen-bond acceptors (Lipinski definition) is 5. The van der Waals surface area contributed by atoms with Crippen LogP contribution >= 0.6 is 0 Å².